The lowest BCUT2D eigenvalue weighted by Gasteiger charge is -2.33. The van der Waals surface area contributed by atoms with Crippen LogP contribution in [0.15, 0.2) is 48.5 Å². The van der Waals surface area contributed by atoms with Gasteiger partial charge in [0.05, 0.1) is 12.7 Å². The van der Waals surface area contributed by atoms with Crippen molar-refractivity contribution in [3.8, 4) is 5.75 Å². The normalized spacial score (nSPS) is 15.6. The molecule has 0 aliphatic carbocycles. The van der Waals surface area contributed by atoms with Crippen LogP contribution in [0, 0.1) is 0 Å². The van der Waals surface area contributed by atoms with Gasteiger partial charge in [-0.2, -0.15) is 0 Å². The smallest absolute Gasteiger partial charge is 0.205 e. The zero-order valence-corrected chi connectivity index (χ0v) is 20.4. The molecule has 5 nitrogen and oxygen atoms in total. The monoisotopic (exact) mass is 455 g/mol. The predicted molar refractivity (Wildman–Crippen MR) is 132 cm³/mol. The first-order valence-electron chi connectivity index (χ1n) is 12.5. The molecule has 0 bridgehead atoms. The minimum Gasteiger partial charge on any atom is -0.463 e. The third-order valence-corrected chi connectivity index (χ3v) is 5.98. The van der Waals surface area contributed by atoms with Crippen LogP contribution in [-0.2, 0) is 22.5 Å². The second-order valence-corrected chi connectivity index (χ2v) is 9.35. The molecule has 0 aromatic heterocycles. The molecular weight excluding hydrogens is 414 g/mol. The number of ether oxygens (including phenoxy) is 3. The van der Waals surface area contributed by atoms with Gasteiger partial charge in [0, 0.05) is 39.2 Å². The van der Waals surface area contributed by atoms with E-state index in [2.05, 4.69) is 35.6 Å². The lowest BCUT2D eigenvalue weighted by Crippen LogP contribution is -2.35. The van der Waals surface area contributed by atoms with E-state index in [-0.39, 0.29) is 0 Å². The molecule has 33 heavy (non-hydrogen) atoms. The third kappa shape index (κ3) is 9.46. The Kier molecular flexibility index (Phi) is 10.7. The summed E-state index contributed by atoms with van der Waals surface area (Å²) in [7, 11) is 0. The zero-order chi connectivity index (χ0) is 23.4. The maximum absolute atomic E-state index is 10.5. The SMILES string of the molecule is CC1(C)OCc2cc([C@@H](O)CNCCCCCCOCCCCc3ccccc3)ccc2O1. The summed E-state index contributed by atoms with van der Waals surface area (Å²) < 4.78 is 17.3. The van der Waals surface area contributed by atoms with Gasteiger partial charge in [-0.3, -0.25) is 0 Å². The van der Waals surface area contributed by atoms with E-state index in [1.165, 1.54) is 24.8 Å². The van der Waals surface area contributed by atoms with Gasteiger partial charge < -0.3 is 24.6 Å². The lowest BCUT2D eigenvalue weighted by atomic mass is 10.0. The summed E-state index contributed by atoms with van der Waals surface area (Å²) in [5.74, 6) is 0.245. The largest absolute Gasteiger partial charge is 0.463 e. The van der Waals surface area contributed by atoms with E-state index in [4.69, 9.17) is 14.2 Å². The number of unbranched alkanes of at least 4 members (excludes halogenated alkanes) is 4. The number of benzene rings is 2. The second-order valence-electron chi connectivity index (χ2n) is 9.35. The Hall–Kier alpha value is -1.92. The molecule has 0 saturated carbocycles. The molecule has 0 unspecified atom stereocenters. The van der Waals surface area contributed by atoms with E-state index in [1.54, 1.807) is 0 Å². The highest BCUT2D eigenvalue weighted by Gasteiger charge is 2.27. The van der Waals surface area contributed by atoms with Gasteiger partial charge >= 0.3 is 0 Å². The number of aryl methyl sites for hydroxylation is 1. The van der Waals surface area contributed by atoms with Crippen LogP contribution in [0.5, 0.6) is 5.75 Å². The average Bonchev–Trinajstić information content (AvgIpc) is 2.81. The van der Waals surface area contributed by atoms with E-state index in [9.17, 15) is 5.11 Å². The maximum atomic E-state index is 10.5. The van der Waals surface area contributed by atoms with Gasteiger partial charge in [-0.15, -0.1) is 0 Å². The van der Waals surface area contributed by atoms with Gasteiger partial charge in [-0.25, -0.2) is 0 Å². The molecule has 0 spiro atoms. The first-order valence-corrected chi connectivity index (χ1v) is 12.5. The number of fused-ring (bicyclic) bond motifs is 1. The Bertz CT molecular complexity index is 809. The number of aliphatic hydroxyl groups excluding tert-OH is 1. The molecule has 1 aliphatic heterocycles. The standard InChI is InChI=1S/C28H41NO4/c1-28(2)32-22-25-20-24(15-16-27(25)33-28)26(30)21-29-17-9-3-4-10-18-31-19-11-8-14-23-12-6-5-7-13-23/h5-7,12-13,15-16,20,26,29-30H,3-4,8-11,14,17-19,21-22H2,1-2H3/t26-/m0/s1. The van der Waals surface area contributed by atoms with Crippen LogP contribution in [0.2, 0.25) is 0 Å². The van der Waals surface area contributed by atoms with E-state index >= 15 is 0 Å². The fourth-order valence-electron chi connectivity index (χ4n) is 4.01. The first-order chi connectivity index (χ1) is 16.0. The Balaban J connectivity index is 1.15. The van der Waals surface area contributed by atoms with Crippen molar-refractivity contribution in [3.05, 3.63) is 65.2 Å². The van der Waals surface area contributed by atoms with Crippen LogP contribution in [0.3, 0.4) is 0 Å². The third-order valence-electron chi connectivity index (χ3n) is 5.98. The number of rotatable bonds is 15. The molecule has 1 heterocycles. The fourth-order valence-corrected chi connectivity index (χ4v) is 4.01. The van der Waals surface area contributed by atoms with Gasteiger partial charge in [-0.05, 0) is 61.9 Å². The number of hydrogen-bond donors (Lipinski definition) is 2. The summed E-state index contributed by atoms with van der Waals surface area (Å²) in [5, 5.41) is 13.9. The molecule has 1 atom stereocenters. The average molecular weight is 456 g/mol. The van der Waals surface area contributed by atoms with Crippen LogP contribution in [0.25, 0.3) is 0 Å². The van der Waals surface area contributed by atoms with Crippen molar-refractivity contribution in [1.29, 1.82) is 0 Å². The Morgan fingerprint density at radius 1 is 0.970 bits per heavy atom. The summed E-state index contributed by atoms with van der Waals surface area (Å²) in [4.78, 5) is 0. The topological polar surface area (TPSA) is 60.0 Å². The second kappa shape index (κ2) is 13.7. The van der Waals surface area contributed by atoms with E-state index in [0.717, 1.165) is 62.3 Å². The maximum Gasteiger partial charge on any atom is 0.205 e. The summed E-state index contributed by atoms with van der Waals surface area (Å²) in [5.41, 5.74) is 3.30. The molecule has 0 saturated heterocycles. The molecule has 182 valence electrons. The summed E-state index contributed by atoms with van der Waals surface area (Å²) in [6.45, 7) is 7.52. The van der Waals surface area contributed by atoms with Crippen molar-refractivity contribution in [2.75, 3.05) is 26.3 Å². The molecule has 2 N–H and O–H groups in total. The fraction of sp³-hybridized carbons (Fsp3) is 0.571. The molecule has 3 rings (SSSR count). The highest BCUT2D eigenvalue weighted by Crippen LogP contribution is 2.32. The molecule has 2 aromatic rings. The molecule has 0 fully saturated rings. The quantitative estimate of drug-likeness (QED) is 0.345. The number of aliphatic hydroxyl groups is 1. The zero-order valence-electron chi connectivity index (χ0n) is 20.4. The van der Waals surface area contributed by atoms with E-state index in [0.29, 0.717) is 13.2 Å². The lowest BCUT2D eigenvalue weighted by molar-refractivity contribution is -0.180. The molecule has 0 radical (unpaired) electrons. The Morgan fingerprint density at radius 2 is 1.73 bits per heavy atom. The minimum absolute atomic E-state index is 0.508. The van der Waals surface area contributed by atoms with Crippen molar-refractivity contribution in [3.63, 3.8) is 0 Å². The minimum atomic E-state index is -0.594. The summed E-state index contributed by atoms with van der Waals surface area (Å²) >= 11 is 0. The van der Waals surface area contributed by atoms with Crippen LogP contribution >= 0.6 is 0 Å². The van der Waals surface area contributed by atoms with Crippen molar-refractivity contribution in [1.82, 2.24) is 5.32 Å². The predicted octanol–water partition coefficient (Wildman–Crippen LogP) is 5.55. The molecule has 5 heteroatoms. The highest BCUT2D eigenvalue weighted by molar-refractivity contribution is 5.39. The van der Waals surface area contributed by atoms with E-state index in [1.807, 2.05) is 32.0 Å². The van der Waals surface area contributed by atoms with Crippen molar-refractivity contribution < 1.29 is 19.3 Å². The Labute approximate surface area is 199 Å². The Morgan fingerprint density at radius 3 is 2.55 bits per heavy atom. The molecule has 0 amide bonds. The van der Waals surface area contributed by atoms with Gasteiger partial charge in [0.1, 0.15) is 5.75 Å². The molecule has 1 aliphatic rings. The molecular formula is C28H41NO4. The van der Waals surface area contributed by atoms with Crippen LogP contribution < -0.4 is 10.1 Å². The summed E-state index contributed by atoms with van der Waals surface area (Å²) in [6, 6.07) is 16.5. The van der Waals surface area contributed by atoms with Crippen molar-refractivity contribution in [2.24, 2.45) is 0 Å². The van der Waals surface area contributed by atoms with Crippen molar-refractivity contribution >= 4 is 0 Å². The summed E-state index contributed by atoms with van der Waals surface area (Å²) in [6.07, 6.45) is 7.54. The first kappa shape index (κ1) is 25.7. The van der Waals surface area contributed by atoms with Gasteiger partial charge in [-0.1, -0.05) is 49.2 Å². The van der Waals surface area contributed by atoms with Gasteiger partial charge in [0.25, 0.3) is 0 Å². The van der Waals surface area contributed by atoms with Gasteiger partial charge in [0.15, 0.2) is 0 Å². The number of hydrogen-bond acceptors (Lipinski definition) is 5. The van der Waals surface area contributed by atoms with Gasteiger partial charge in [0.2, 0.25) is 5.79 Å². The van der Waals surface area contributed by atoms with Crippen LogP contribution in [0.1, 0.15) is 75.2 Å². The number of nitrogens with one attached hydrogen (secondary N) is 1. The van der Waals surface area contributed by atoms with Crippen LogP contribution in [0.4, 0.5) is 0 Å². The van der Waals surface area contributed by atoms with Crippen molar-refractivity contribution in [2.45, 2.75) is 77.3 Å². The van der Waals surface area contributed by atoms with Crippen LogP contribution in [-0.4, -0.2) is 37.2 Å². The molecule has 2 aromatic carbocycles. The highest BCUT2D eigenvalue weighted by atomic mass is 16.7. The van der Waals surface area contributed by atoms with E-state index < -0.39 is 11.9 Å².